The van der Waals surface area contributed by atoms with Crippen LogP contribution in [-0.2, 0) is 16.0 Å². The predicted molar refractivity (Wildman–Crippen MR) is 129 cm³/mol. The summed E-state index contributed by atoms with van der Waals surface area (Å²) in [6.07, 6.45) is 5.64. The van der Waals surface area contributed by atoms with Gasteiger partial charge < -0.3 is 30.8 Å². The molecule has 2 fully saturated rings. The maximum absolute atomic E-state index is 13.4. The molecule has 0 unspecified atom stereocenters. The molecular weight excluding hydrogens is 448 g/mol. The summed E-state index contributed by atoms with van der Waals surface area (Å²) in [4.78, 5) is 43.0. The van der Waals surface area contributed by atoms with Gasteiger partial charge in [0.1, 0.15) is 11.8 Å². The summed E-state index contributed by atoms with van der Waals surface area (Å²) in [6.45, 7) is 0.786. The van der Waals surface area contributed by atoms with Crippen molar-refractivity contribution in [1.82, 2.24) is 25.7 Å². The molecule has 1 saturated carbocycles. The maximum Gasteiger partial charge on any atom is 0.273 e. The molecule has 0 radical (unpaired) electrons. The van der Waals surface area contributed by atoms with E-state index in [0.717, 1.165) is 35.1 Å². The molecule has 3 amide bonds. The minimum Gasteiger partial charge on any atom is -0.361 e. The number of aromatic amines is 1. The van der Waals surface area contributed by atoms with E-state index in [-0.39, 0.29) is 30.3 Å². The number of aromatic nitrogens is 2. The third-order valence-electron chi connectivity index (χ3n) is 6.80. The van der Waals surface area contributed by atoms with E-state index in [0.29, 0.717) is 44.0 Å². The number of carbonyl (C=O) groups is 3. The van der Waals surface area contributed by atoms with Crippen LogP contribution in [0.1, 0.15) is 53.4 Å². The van der Waals surface area contributed by atoms with Crippen LogP contribution in [-0.4, -0.2) is 64.5 Å². The van der Waals surface area contributed by atoms with E-state index in [9.17, 15) is 14.4 Å². The van der Waals surface area contributed by atoms with Crippen molar-refractivity contribution >= 4 is 28.6 Å². The zero-order valence-electron chi connectivity index (χ0n) is 19.5. The topological polar surface area (TPSA) is 146 Å². The number of fused-ring (bicyclic) bond motifs is 1. The second-order valence-electron chi connectivity index (χ2n) is 9.35. The summed E-state index contributed by atoms with van der Waals surface area (Å²) in [6, 6.07) is 8.80. The number of nitrogens with zero attached hydrogens (tertiary/aromatic N) is 2. The molecule has 2 aliphatic rings. The number of nitrogens with one attached hydrogen (secondary N) is 3. The summed E-state index contributed by atoms with van der Waals surface area (Å²) < 4.78 is 5.28. The molecule has 5 rings (SSSR count). The summed E-state index contributed by atoms with van der Waals surface area (Å²) in [5.74, 6) is 0.403. The molecule has 3 heterocycles. The largest absolute Gasteiger partial charge is 0.361 e. The van der Waals surface area contributed by atoms with Crippen molar-refractivity contribution in [3.05, 3.63) is 53.5 Å². The first-order valence-corrected chi connectivity index (χ1v) is 12.1. The standard InChI is InChI=1S/C25H30N6O4/c26-13-23(32)29-21(11-16-14-27-19-4-2-1-3-18(16)19)25(34)31-9-7-17(8-10-31)28-24(33)20-12-22(35-30-20)15-5-6-15/h1-4,12,14-15,17,21,27H,5-11,13,26H2,(H,28,33)(H,29,32)/t21-/m0/s1. The third-order valence-corrected chi connectivity index (χ3v) is 6.80. The van der Waals surface area contributed by atoms with Crippen molar-refractivity contribution in [1.29, 1.82) is 0 Å². The van der Waals surface area contributed by atoms with E-state index >= 15 is 0 Å². The molecule has 1 aliphatic carbocycles. The van der Waals surface area contributed by atoms with E-state index in [1.807, 2.05) is 30.5 Å². The van der Waals surface area contributed by atoms with Crippen molar-refractivity contribution in [2.24, 2.45) is 5.73 Å². The molecule has 2 aromatic heterocycles. The first-order valence-electron chi connectivity index (χ1n) is 12.1. The normalized spacial score (nSPS) is 17.3. The molecule has 1 saturated heterocycles. The van der Waals surface area contributed by atoms with E-state index in [4.69, 9.17) is 10.3 Å². The van der Waals surface area contributed by atoms with Gasteiger partial charge in [-0.3, -0.25) is 14.4 Å². The fraction of sp³-hybridized carbons (Fsp3) is 0.440. The van der Waals surface area contributed by atoms with Crippen LogP contribution in [0.3, 0.4) is 0 Å². The van der Waals surface area contributed by atoms with Gasteiger partial charge >= 0.3 is 0 Å². The Bertz CT molecular complexity index is 1220. The highest BCUT2D eigenvalue weighted by atomic mass is 16.5. The molecule has 1 aliphatic heterocycles. The number of hydrogen-bond acceptors (Lipinski definition) is 6. The molecule has 184 valence electrons. The van der Waals surface area contributed by atoms with Crippen molar-refractivity contribution in [3.63, 3.8) is 0 Å². The van der Waals surface area contributed by atoms with Gasteiger partial charge in [0.05, 0.1) is 6.54 Å². The monoisotopic (exact) mass is 478 g/mol. The Morgan fingerprint density at radius 1 is 1.17 bits per heavy atom. The Morgan fingerprint density at radius 3 is 2.69 bits per heavy atom. The highest BCUT2D eigenvalue weighted by Crippen LogP contribution is 2.40. The lowest BCUT2D eigenvalue weighted by molar-refractivity contribution is -0.137. The molecule has 0 bridgehead atoms. The predicted octanol–water partition coefficient (Wildman–Crippen LogP) is 1.44. The number of nitrogens with two attached hydrogens (primary N) is 1. The van der Waals surface area contributed by atoms with Gasteiger partial charge in [0.25, 0.3) is 5.91 Å². The fourth-order valence-electron chi connectivity index (χ4n) is 4.65. The number of rotatable bonds is 8. The summed E-state index contributed by atoms with van der Waals surface area (Å²) in [7, 11) is 0. The number of hydrogen-bond donors (Lipinski definition) is 4. The smallest absolute Gasteiger partial charge is 0.273 e. The van der Waals surface area contributed by atoms with E-state index in [1.165, 1.54) is 0 Å². The first-order chi connectivity index (χ1) is 17.0. The molecule has 10 nitrogen and oxygen atoms in total. The van der Waals surface area contributed by atoms with Crippen molar-refractivity contribution in [2.45, 2.75) is 50.1 Å². The van der Waals surface area contributed by atoms with Gasteiger partial charge in [0.2, 0.25) is 11.8 Å². The van der Waals surface area contributed by atoms with E-state index in [1.54, 1.807) is 11.0 Å². The number of likely N-dealkylation sites (tertiary alicyclic amines) is 1. The second kappa shape index (κ2) is 9.91. The zero-order chi connectivity index (χ0) is 24.4. The van der Waals surface area contributed by atoms with Gasteiger partial charge in [-0.2, -0.15) is 0 Å². The molecule has 10 heteroatoms. The zero-order valence-corrected chi connectivity index (χ0v) is 19.5. The van der Waals surface area contributed by atoms with Crippen molar-refractivity contribution in [3.8, 4) is 0 Å². The number of para-hydroxylation sites is 1. The molecule has 1 atom stereocenters. The van der Waals surface area contributed by atoms with Crippen LogP contribution in [0.25, 0.3) is 10.9 Å². The first kappa shape index (κ1) is 23.1. The number of amides is 3. The number of carbonyl (C=O) groups excluding carboxylic acids is 3. The average molecular weight is 479 g/mol. The highest BCUT2D eigenvalue weighted by Gasteiger charge is 2.32. The van der Waals surface area contributed by atoms with Gasteiger partial charge in [-0.1, -0.05) is 23.4 Å². The molecule has 35 heavy (non-hydrogen) atoms. The Kier molecular flexibility index (Phi) is 6.54. The lowest BCUT2D eigenvalue weighted by Gasteiger charge is -2.34. The van der Waals surface area contributed by atoms with Crippen LogP contribution in [0.4, 0.5) is 0 Å². The van der Waals surface area contributed by atoms with Crippen LogP contribution in [0, 0.1) is 0 Å². The third kappa shape index (κ3) is 5.22. The van der Waals surface area contributed by atoms with Gasteiger partial charge in [-0.15, -0.1) is 0 Å². The van der Waals surface area contributed by atoms with E-state index < -0.39 is 6.04 Å². The van der Waals surface area contributed by atoms with Crippen molar-refractivity contribution < 1.29 is 18.9 Å². The van der Waals surface area contributed by atoms with Gasteiger partial charge in [0.15, 0.2) is 5.69 Å². The van der Waals surface area contributed by atoms with Crippen LogP contribution < -0.4 is 16.4 Å². The Balaban J connectivity index is 1.19. The molecule has 3 aromatic rings. The SMILES string of the molecule is NCC(=O)N[C@@H](Cc1c[nH]c2ccccc12)C(=O)N1CCC(NC(=O)c2cc(C3CC3)on2)CC1. The maximum atomic E-state index is 13.4. The lowest BCUT2D eigenvalue weighted by Crippen LogP contribution is -2.54. The van der Waals surface area contributed by atoms with Crippen molar-refractivity contribution in [2.75, 3.05) is 19.6 Å². The van der Waals surface area contributed by atoms with Crippen LogP contribution in [0.5, 0.6) is 0 Å². The summed E-state index contributed by atoms with van der Waals surface area (Å²) in [5, 5.41) is 10.7. The quantitative estimate of drug-likeness (QED) is 0.385. The van der Waals surface area contributed by atoms with Crippen LogP contribution in [0.2, 0.25) is 0 Å². The lowest BCUT2D eigenvalue weighted by atomic mass is 10.0. The summed E-state index contributed by atoms with van der Waals surface area (Å²) >= 11 is 0. The molecule has 0 spiro atoms. The minimum atomic E-state index is -0.715. The minimum absolute atomic E-state index is 0.0571. The number of benzene rings is 1. The molecule has 5 N–H and O–H groups in total. The van der Waals surface area contributed by atoms with Gasteiger partial charge in [0, 0.05) is 54.6 Å². The Labute approximate surface area is 202 Å². The average Bonchev–Trinajstić information content (AvgIpc) is 3.47. The van der Waals surface area contributed by atoms with E-state index in [2.05, 4.69) is 20.8 Å². The highest BCUT2D eigenvalue weighted by molar-refractivity contribution is 5.92. The second-order valence-corrected chi connectivity index (χ2v) is 9.35. The summed E-state index contributed by atoms with van der Waals surface area (Å²) in [5.41, 5.74) is 7.74. The fourth-order valence-corrected chi connectivity index (χ4v) is 4.65. The number of piperidine rings is 1. The Morgan fingerprint density at radius 2 is 1.94 bits per heavy atom. The Hall–Kier alpha value is -3.66. The van der Waals surface area contributed by atoms with Gasteiger partial charge in [-0.25, -0.2) is 0 Å². The molecular formula is C25H30N6O4. The van der Waals surface area contributed by atoms with Crippen LogP contribution >= 0.6 is 0 Å². The van der Waals surface area contributed by atoms with Crippen LogP contribution in [0.15, 0.2) is 41.1 Å². The number of H-pyrrole nitrogens is 1. The van der Waals surface area contributed by atoms with Gasteiger partial charge in [-0.05, 0) is 37.3 Å². The molecule has 1 aromatic carbocycles.